The second-order valence-electron chi connectivity index (χ2n) is 4.09. The molecule has 0 aliphatic heterocycles. The van der Waals surface area contributed by atoms with Crippen molar-refractivity contribution in [3.8, 4) is 18.3 Å². The van der Waals surface area contributed by atoms with E-state index in [9.17, 15) is 0 Å². The van der Waals surface area contributed by atoms with Gasteiger partial charge in [0.1, 0.15) is 6.33 Å². The minimum atomic E-state index is -0.573. The van der Waals surface area contributed by atoms with Gasteiger partial charge in [0.05, 0.1) is 5.54 Å². The number of hydrogen-bond donors (Lipinski definition) is 1. The van der Waals surface area contributed by atoms with E-state index in [1.54, 1.807) is 23.3 Å². The van der Waals surface area contributed by atoms with Crippen LogP contribution in [-0.2, 0) is 0 Å². The maximum atomic E-state index is 5.85. The normalized spacial score (nSPS) is 11.0. The molecule has 0 amide bonds. The Labute approximate surface area is 109 Å². The first kappa shape index (κ1) is 12.3. The number of terminal acetylenes is 1. The highest BCUT2D eigenvalue weighted by molar-refractivity contribution is 6.28. The molecule has 2 aromatic heterocycles. The molecule has 0 unspecified atom stereocenters. The number of anilines is 1. The third kappa shape index (κ3) is 2.76. The van der Waals surface area contributed by atoms with Gasteiger partial charge in [0.15, 0.2) is 0 Å². The molecule has 18 heavy (non-hydrogen) atoms. The Balaban J connectivity index is 2.37. The summed E-state index contributed by atoms with van der Waals surface area (Å²) >= 11 is 5.85. The van der Waals surface area contributed by atoms with E-state index in [0.29, 0.717) is 11.9 Å². The summed E-state index contributed by atoms with van der Waals surface area (Å²) in [6, 6.07) is 0. The Morgan fingerprint density at radius 3 is 2.78 bits per heavy atom. The van der Waals surface area contributed by atoms with Crippen LogP contribution in [0.5, 0.6) is 0 Å². The van der Waals surface area contributed by atoms with Crippen LogP contribution in [0.4, 0.5) is 5.95 Å². The largest absolute Gasteiger partial charge is 0.338 e. The Kier molecular flexibility index (Phi) is 3.17. The smallest absolute Gasteiger partial charge is 0.241 e. The zero-order chi connectivity index (χ0) is 13.2. The Morgan fingerprint density at radius 2 is 2.17 bits per heavy atom. The minimum Gasteiger partial charge on any atom is -0.338 e. The molecule has 0 aliphatic carbocycles. The van der Waals surface area contributed by atoms with Gasteiger partial charge in [-0.05, 0) is 25.4 Å². The van der Waals surface area contributed by atoms with Crippen molar-refractivity contribution in [3.05, 3.63) is 24.0 Å². The fourth-order valence-electron chi connectivity index (χ4n) is 1.20. The van der Waals surface area contributed by atoms with Gasteiger partial charge in [-0.15, -0.1) is 6.42 Å². The summed E-state index contributed by atoms with van der Waals surface area (Å²) in [5, 5.41) is 3.08. The molecular weight excluding hydrogens is 252 g/mol. The molecule has 0 aromatic carbocycles. The lowest BCUT2D eigenvalue weighted by atomic mass is 10.1. The number of imidazole rings is 1. The molecule has 0 saturated heterocycles. The minimum absolute atomic E-state index is 0.0871. The molecule has 0 radical (unpaired) electrons. The molecule has 0 spiro atoms. The summed E-state index contributed by atoms with van der Waals surface area (Å²) in [7, 11) is 0. The van der Waals surface area contributed by atoms with E-state index in [-0.39, 0.29) is 5.28 Å². The van der Waals surface area contributed by atoms with Crippen LogP contribution in [0, 0.1) is 12.3 Å². The van der Waals surface area contributed by atoms with Gasteiger partial charge in [-0.25, -0.2) is 4.98 Å². The molecule has 1 N–H and O–H groups in total. The maximum Gasteiger partial charge on any atom is 0.241 e. The predicted molar refractivity (Wildman–Crippen MR) is 68.5 cm³/mol. The van der Waals surface area contributed by atoms with Crippen LogP contribution in [0.2, 0.25) is 5.28 Å². The van der Waals surface area contributed by atoms with Gasteiger partial charge >= 0.3 is 0 Å². The van der Waals surface area contributed by atoms with Crippen molar-refractivity contribution >= 4 is 17.5 Å². The van der Waals surface area contributed by atoms with E-state index in [4.69, 9.17) is 18.0 Å². The molecule has 2 heterocycles. The molecule has 0 saturated carbocycles. The van der Waals surface area contributed by atoms with Gasteiger partial charge < -0.3 is 5.32 Å². The van der Waals surface area contributed by atoms with Crippen LogP contribution in [0.3, 0.4) is 0 Å². The van der Waals surface area contributed by atoms with Crippen molar-refractivity contribution in [2.45, 2.75) is 19.4 Å². The van der Waals surface area contributed by atoms with E-state index >= 15 is 0 Å². The van der Waals surface area contributed by atoms with Gasteiger partial charge in [0.25, 0.3) is 0 Å². The molecule has 6 nitrogen and oxygen atoms in total. The maximum absolute atomic E-state index is 5.85. The van der Waals surface area contributed by atoms with Crippen molar-refractivity contribution in [1.82, 2.24) is 24.5 Å². The zero-order valence-electron chi connectivity index (χ0n) is 9.92. The van der Waals surface area contributed by atoms with Crippen molar-refractivity contribution in [2.24, 2.45) is 0 Å². The summed E-state index contributed by atoms with van der Waals surface area (Å²) < 4.78 is 1.63. The lowest BCUT2D eigenvalue weighted by molar-refractivity contribution is 0.723. The topological polar surface area (TPSA) is 68.5 Å². The molecule has 0 fully saturated rings. The number of halogens is 1. The number of hydrogen-bond acceptors (Lipinski definition) is 5. The Morgan fingerprint density at radius 1 is 1.39 bits per heavy atom. The third-order valence-corrected chi connectivity index (χ3v) is 2.29. The Bertz CT molecular complexity index is 584. The lowest BCUT2D eigenvalue weighted by Gasteiger charge is -2.19. The van der Waals surface area contributed by atoms with Gasteiger partial charge in [0.2, 0.25) is 17.2 Å². The standard InChI is InChI=1S/C11H11ClN6/c1-4-11(2,3)17-9-14-8(12)15-10(16-9)18-6-5-13-7-18/h1,5-7H,2-3H3,(H,14,15,16,17). The van der Waals surface area contributed by atoms with Gasteiger partial charge in [0, 0.05) is 12.4 Å². The average molecular weight is 263 g/mol. The number of aromatic nitrogens is 5. The summed E-state index contributed by atoms with van der Waals surface area (Å²) in [6.45, 7) is 3.67. The number of nitrogens with one attached hydrogen (secondary N) is 1. The molecule has 92 valence electrons. The fourth-order valence-corrected chi connectivity index (χ4v) is 1.36. The first-order valence-corrected chi connectivity index (χ1v) is 5.54. The van der Waals surface area contributed by atoms with Crippen LogP contribution in [-0.4, -0.2) is 30.0 Å². The van der Waals surface area contributed by atoms with Crippen LogP contribution < -0.4 is 5.32 Å². The molecule has 0 atom stereocenters. The quantitative estimate of drug-likeness (QED) is 0.850. The highest BCUT2D eigenvalue weighted by Gasteiger charge is 2.16. The van der Waals surface area contributed by atoms with Gasteiger partial charge in [-0.2, -0.15) is 15.0 Å². The molecule has 0 aliphatic rings. The number of nitrogens with zero attached hydrogens (tertiary/aromatic N) is 5. The van der Waals surface area contributed by atoms with Crippen molar-refractivity contribution < 1.29 is 0 Å². The summed E-state index contributed by atoms with van der Waals surface area (Å²) in [5.74, 6) is 3.29. The van der Waals surface area contributed by atoms with Crippen LogP contribution in [0.25, 0.3) is 5.95 Å². The van der Waals surface area contributed by atoms with E-state index in [0.717, 1.165) is 0 Å². The van der Waals surface area contributed by atoms with Crippen LogP contribution >= 0.6 is 11.6 Å². The van der Waals surface area contributed by atoms with E-state index in [1.807, 2.05) is 13.8 Å². The second kappa shape index (κ2) is 4.63. The zero-order valence-corrected chi connectivity index (χ0v) is 10.7. The van der Waals surface area contributed by atoms with Crippen LogP contribution in [0.15, 0.2) is 18.7 Å². The first-order valence-electron chi connectivity index (χ1n) is 5.16. The second-order valence-corrected chi connectivity index (χ2v) is 4.43. The molecule has 2 aromatic rings. The number of rotatable bonds is 3. The summed E-state index contributed by atoms with van der Waals surface area (Å²) in [5.41, 5.74) is -0.573. The van der Waals surface area contributed by atoms with E-state index in [1.165, 1.54) is 0 Å². The molecule has 0 bridgehead atoms. The van der Waals surface area contributed by atoms with E-state index < -0.39 is 5.54 Å². The molecular formula is C11H11ClN6. The van der Waals surface area contributed by atoms with Crippen LogP contribution in [0.1, 0.15) is 13.8 Å². The lowest BCUT2D eigenvalue weighted by Crippen LogP contribution is -2.30. The van der Waals surface area contributed by atoms with Gasteiger partial charge in [-0.1, -0.05) is 5.92 Å². The predicted octanol–water partition coefficient (Wildman–Crippen LogP) is 1.53. The van der Waals surface area contributed by atoms with Gasteiger partial charge in [-0.3, -0.25) is 4.57 Å². The molecule has 2 rings (SSSR count). The Hall–Kier alpha value is -2.13. The first-order chi connectivity index (χ1) is 8.50. The summed E-state index contributed by atoms with van der Waals surface area (Å²) in [4.78, 5) is 16.1. The highest BCUT2D eigenvalue weighted by Crippen LogP contribution is 2.13. The van der Waals surface area contributed by atoms with Crippen molar-refractivity contribution in [3.63, 3.8) is 0 Å². The fraction of sp³-hybridized carbons (Fsp3) is 0.273. The summed E-state index contributed by atoms with van der Waals surface area (Å²) in [6.07, 6.45) is 10.3. The van der Waals surface area contributed by atoms with Crippen molar-refractivity contribution in [1.29, 1.82) is 0 Å². The van der Waals surface area contributed by atoms with E-state index in [2.05, 4.69) is 31.2 Å². The highest BCUT2D eigenvalue weighted by atomic mass is 35.5. The SMILES string of the molecule is C#CC(C)(C)Nc1nc(Cl)nc(-n2ccnc2)n1. The third-order valence-electron chi connectivity index (χ3n) is 2.12. The van der Waals surface area contributed by atoms with Crippen molar-refractivity contribution in [2.75, 3.05) is 5.32 Å². The average Bonchev–Trinajstić information content (AvgIpc) is 2.81. The monoisotopic (exact) mass is 262 g/mol. The molecule has 7 heteroatoms.